The van der Waals surface area contributed by atoms with Gasteiger partial charge in [-0.2, -0.15) is 13.2 Å². The number of aliphatic hydroxyl groups is 1. The Kier molecular flexibility index (Phi) is 4.77. The van der Waals surface area contributed by atoms with Crippen LogP contribution in [0.2, 0.25) is 0 Å². The van der Waals surface area contributed by atoms with E-state index in [4.69, 9.17) is 0 Å². The highest BCUT2D eigenvalue weighted by Crippen LogP contribution is 2.37. The molecule has 0 unspecified atom stereocenters. The number of rotatable bonds is 4. The lowest BCUT2D eigenvalue weighted by atomic mass is 10.0. The summed E-state index contributed by atoms with van der Waals surface area (Å²) in [7, 11) is -3.37. The molecule has 2 aliphatic rings. The molecular formula is C13H20F3NO4S. The van der Waals surface area contributed by atoms with Crippen LogP contribution in [-0.2, 0) is 14.6 Å². The largest absolute Gasteiger partial charge is 0.419 e. The van der Waals surface area contributed by atoms with Gasteiger partial charge in [0, 0.05) is 19.4 Å². The average molecular weight is 343 g/mol. The number of halogens is 3. The molecule has 0 aromatic rings. The Balaban J connectivity index is 1.89. The molecule has 1 aliphatic carbocycles. The minimum Gasteiger partial charge on any atom is -0.379 e. The van der Waals surface area contributed by atoms with E-state index in [1.165, 1.54) is 0 Å². The normalized spacial score (nSPS) is 27.5. The van der Waals surface area contributed by atoms with Gasteiger partial charge in [0.25, 0.3) is 0 Å². The van der Waals surface area contributed by atoms with E-state index >= 15 is 0 Å². The molecule has 128 valence electrons. The van der Waals surface area contributed by atoms with Crippen LogP contribution in [0.15, 0.2) is 0 Å². The van der Waals surface area contributed by atoms with Crippen molar-refractivity contribution >= 4 is 15.7 Å². The maximum atomic E-state index is 12.7. The summed E-state index contributed by atoms with van der Waals surface area (Å²) in [4.78, 5) is 12.8. The molecule has 1 saturated heterocycles. The number of sulfone groups is 1. The third-order valence-electron chi connectivity index (χ3n) is 4.54. The Morgan fingerprint density at radius 2 is 1.86 bits per heavy atom. The molecule has 0 aromatic heterocycles. The second kappa shape index (κ2) is 5.99. The lowest BCUT2D eigenvalue weighted by Gasteiger charge is -2.26. The molecule has 0 bridgehead atoms. The van der Waals surface area contributed by atoms with E-state index in [0.29, 0.717) is 12.8 Å². The van der Waals surface area contributed by atoms with Crippen molar-refractivity contribution in [3.8, 4) is 0 Å². The number of amides is 1. The summed E-state index contributed by atoms with van der Waals surface area (Å²) in [6.45, 7) is -1.03. The van der Waals surface area contributed by atoms with Crippen molar-refractivity contribution in [2.45, 2.75) is 55.6 Å². The molecule has 2 fully saturated rings. The van der Waals surface area contributed by atoms with Gasteiger partial charge in [0.15, 0.2) is 15.4 Å². The molecule has 2 rings (SSSR count). The minimum atomic E-state index is -4.79. The molecule has 1 amide bonds. The average Bonchev–Trinajstić information content (AvgIpc) is 3.05. The van der Waals surface area contributed by atoms with Crippen LogP contribution in [0.3, 0.4) is 0 Å². The van der Waals surface area contributed by atoms with Crippen LogP contribution in [0.1, 0.15) is 38.5 Å². The minimum absolute atomic E-state index is 0.210. The van der Waals surface area contributed by atoms with Gasteiger partial charge in [0.2, 0.25) is 5.91 Å². The smallest absolute Gasteiger partial charge is 0.379 e. The highest BCUT2D eigenvalue weighted by molar-refractivity contribution is 7.92. The molecule has 5 nitrogen and oxygen atoms in total. The maximum absolute atomic E-state index is 12.7. The van der Waals surface area contributed by atoms with E-state index in [1.54, 1.807) is 0 Å². The van der Waals surface area contributed by atoms with Crippen LogP contribution in [-0.4, -0.2) is 60.2 Å². The number of nitrogens with zero attached hydrogens (tertiary/aromatic N) is 1. The van der Waals surface area contributed by atoms with Crippen molar-refractivity contribution < 1.29 is 31.5 Å². The molecule has 0 spiro atoms. The van der Waals surface area contributed by atoms with E-state index in [-0.39, 0.29) is 18.7 Å². The standard InChI is InChI=1S/C13H20F3NO4S/c14-13(15,16)12(19)6-7-17(9-12)11(18)5-8-22(20,21)10-3-1-2-4-10/h10,19H,1-9H2/t12-/m0/s1. The molecule has 1 saturated carbocycles. The number of hydrogen-bond acceptors (Lipinski definition) is 4. The van der Waals surface area contributed by atoms with Crippen LogP contribution in [0.4, 0.5) is 13.2 Å². The predicted molar refractivity (Wildman–Crippen MR) is 72.9 cm³/mol. The number of carbonyl (C=O) groups excluding carboxylic acids is 1. The topological polar surface area (TPSA) is 74.7 Å². The van der Waals surface area contributed by atoms with E-state index < -0.39 is 45.7 Å². The van der Waals surface area contributed by atoms with Crippen molar-refractivity contribution in [1.82, 2.24) is 4.90 Å². The fraction of sp³-hybridized carbons (Fsp3) is 0.923. The van der Waals surface area contributed by atoms with Crippen LogP contribution >= 0.6 is 0 Å². The van der Waals surface area contributed by atoms with Crippen molar-refractivity contribution in [3.05, 3.63) is 0 Å². The second-order valence-corrected chi connectivity index (χ2v) is 8.52. The number of β-amino-alcohol motifs (C(OH)–C–C–N with tert-alkyl or cyclic N) is 1. The monoisotopic (exact) mass is 343 g/mol. The quantitative estimate of drug-likeness (QED) is 0.834. The Hall–Kier alpha value is -0.830. The zero-order valence-corrected chi connectivity index (χ0v) is 12.9. The predicted octanol–water partition coefficient (Wildman–Crippen LogP) is 1.26. The fourth-order valence-corrected chi connectivity index (χ4v) is 4.88. The summed E-state index contributed by atoms with van der Waals surface area (Å²) in [6.07, 6.45) is -2.81. The first kappa shape index (κ1) is 17.5. The Labute approximate surface area is 127 Å². The van der Waals surface area contributed by atoms with Gasteiger partial charge in [-0.25, -0.2) is 8.42 Å². The van der Waals surface area contributed by atoms with Crippen LogP contribution in [0.25, 0.3) is 0 Å². The van der Waals surface area contributed by atoms with E-state index in [9.17, 15) is 31.5 Å². The molecule has 1 aliphatic heterocycles. The summed E-state index contributed by atoms with van der Waals surface area (Å²) in [5, 5.41) is 9.09. The molecule has 22 heavy (non-hydrogen) atoms. The lowest BCUT2D eigenvalue weighted by Crippen LogP contribution is -2.48. The Morgan fingerprint density at radius 1 is 1.27 bits per heavy atom. The fourth-order valence-electron chi connectivity index (χ4n) is 3.04. The van der Waals surface area contributed by atoms with E-state index in [0.717, 1.165) is 17.7 Å². The first-order chi connectivity index (χ1) is 10.1. The van der Waals surface area contributed by atoms with E-state index in [1.807, 2.05) is 0 Å². The zero-order chi connectivity index (χ0) is 16.6. The summed E-state index contributed by atoms with van der Waals surface area (Å²) >= 11 is 0. The van der Waals surface area contributed by atoms with Gasteiger partial charge in [0.1, 0.15) is 0 Å². The third-order valence-corrected chi connectivity index (χ3v) is 6.80. The molecular weight excluding hydrogens is 323 g/mol. The van der Waals surface area contributed by atoms with Crippen molar-refractivity contribution in [2.75, 3.05) is 18.8 Å². The van der Waals surface area contributed by atoms with Gasteiger partial charge >= 0.3 is 6.18 Å². The Bertz CT molecular complexity index is 528. The highest BCUT2D eigenvalue weighted by atomic mass is 32.2. The van der Waals surface area contributed by atoms with Gasteiger partial charge in [-0.05, 0) is 12.8 Å². The lowest BCUT2D eigenvalue weighted by molar-refractivity contribution is -0.253. The molecule has 0 aromatic carbocycles. The number of alkyl halides is 3. The van der Waals surface area contributed by atoms with Crippen molar-refractivity contribution in [3.63, 3.8) is 0 Å². The van der Waals surface area contributed by atoms with Gasteiger partial charge < -0.3 is 10.0 Å². The summed E-state index contributed by atoms with van der Waals surface area (Å²) < 4.78 is 62.1. The van der Waals surface area contributed by atoms with Gasteiger partial charge in [-0.3, -0.25) is 4.79 Å². The SMILES string of the molecule is O=C(CCS(=O)(=O)C1CCCC1)N1CC[C@@](O)(C(F)(F)F)C1. The van der Waals surface area contributed by atoms with Crippen LogP contribution < -0.4 is 0 Å². The molecule has 1 N–H and O–H groups in total. The van der Waals surface area contributed by atoms with E-state index in [2.05, 4.69) is 0 Å². The first-order valence-corrected chi connectivity index (χ1v) is 9.05. The molecule has 1 atom stereocenters. The molecule has 1 heterocycles. The zero-order valence-electron chi connectivity index (χ0n) is 12.1. The third kappa shape index (κ3) is 3.56. The molecule has 9 heteroatoms. The Morgan fingerprint density at radius 3 is 2.36 bits per heavy atom. The van der Waals surface area contributed by atoms with Crippen molar-refractivity contribution in [1.29, 1.82) is 0 Å². The van der Waals surface area contributed by atoms with Gasteiger partial charge in [-0.1, -0.05) is 12.8 Å². The first-order valence-electron chi connectivity index (χ1n) is 7.34. The molecule has 0 radical (unpaired) electrons. The number of hydrogen-bond donors (Lipinski definition) is 1. The summed E-state index contributed by atoms with van der Waals surface area (Å²) in [5.41, 5.74) is -2.88. The second-order valence-electron chi connectivity index (χ2n) is 6.12. The maximum Gasteiger partial charge on any atom is 0.419 e. The van der Waals surface area contributed by atoms with Crippen LogP contribution in [0.5, 0.6) is 0 Å². The van der Waals surface area contributed by atoms with Crippen molar-refractivity contribution in [2.24, 2.45) is 0 Å². The number of carbonyl (C=O) groups is 1. The number of likely N-dealkylation sites (tertiary alicyclic amines) is 1. The summed E-state index contributed by atoms with van der Waals surface area (Å²) in [6, 6.07) is 0. The summed E-state index contributed by atoms with van der Waals surface area (Å²) in [5.74, 6) is -0.987. The highest BCUT2D eigenvalue weighted by Gasteiger charge is 2.57. The van der Waals surface area contributed by atoms with Crippen LogP contribution in [0, 0.1) is 0 Å². The van der Waals surface area contributed by atoms with Gasteiger partial charge in [-0.15, -0.1) is 0 Å². The van der Waals surface area contributed by atoms with Gasteiger partial charge in [0.05, 0.1) is 17.5 Å².